The molecule has 0 bridgehead atoms. The maximum atomic E-state index is 6.25. The van der Waals surface area contributed by atoms with Crippen LogP contribution in [0.1, 0.15) is 12.8 Å². The van der Waals surface area contributed by atoms with Gasteiger partial charge in [-0.3, -0.25) is 0 Å². The van der Waals surface area contributed by atoms with Crippen molar-refractivity contribution in [2.45, 2.75) is 18.4 Å². The minimum Gasteiger partial charge on any atom is -0.490 e. The van der Waals surface area contributed by atoms with E-state index < -0.39 is 0 Å². The van der Waals surface area contributed by atoms with Crippen molar-refractivity contribution < 1.29 is 4.74 Å². The average Bonchev–Trinajstić information content (AvgIpc) is 3.28. The monoisotopic (exact) mass is 356 g/mol. The maximum Gasteiger partial charge on any atom is 0.138 e. The third-order valence-electron chi connectivity index (χ3n) is 3.95. The number of aromatic nitrogens is 1. The summed E-state index contributed by atoms with van der Waals surface area (Å²) in [5.74, 6) is 0.650. The molecule has 1 N–H and O–H groups in total. The number of benzene rings is 1. The van der Waals surface area contributed by atoms with Crippen LogP contribution >= 0.6 is 34.8 Å². The molecule has 1 aromatic carbocycles. The number of rotatable bonds is 5. The van der Waals surface area contributed by atoms with Gasteiger partial charge in [0.05, 0.1) is 21.8 Å². The third kappa shape index (κ3) is 3.18. The molecule has 1 aliphatic rings. The van der Waals surface area contributed by atoms with E-state index in [2.05, 4.69) is 10.3 Å². The molecule has 0 spiro atoms. The lowest BCUT2D eigenvalue weighted by Gasteiger charge is -2.16. The van der Waals surface area contributed by atoms with E-state index in [1.165, 1.54) is 0 Å². The van der Waals surface area contributed by atoms with Gasteiger partial charge in [-0.05, 0) is 38.1 Å². The molecule has 1 saturated carbocycles. The van der Waals surface area contributed by atoms with Crippen molar-refractivity contribution in [2.24, 2.45) is 0 Å². The van der Waals surface area contributed by atoms with E-state index in [0.717, 1.165) is 12.8 Å². The van der Waals surface area contributed by atoms with E-state index in [1.807, 2.05) is 13.1 Å². The molecule has 0 radical (unpaired) electrons. The van der Waals surface area contributed by atoms with E-state index in [4.69, 9.17) is 39.5 Å². The van der Waals surface area contributed by atoms with Gasteiger partial charge in [-0.1, -0.05) is 40.9 Å². The minimum atomic E-state index is 0.0990. The van der Waals surface area contributed by atoms with Crippen LogP contribution in [-0.4, -0.2) is 24.2 Å². The first-order chi connectivity index (χ1) is 10.5. The second kappa shape index (κ2) is 6.25. The number of pyridine rings is 1. The Morgan fingerprint density at radius 1 is 1.23 bits per heavy atom. The Morgan fingerprint density at radius 3 is 2.50 bits per heavy atom. The predicted octanol–water partition coefficient (Wildman–Crippen LogP) is 4.84. The molecular formula is C16H15Cl3N2O. The zero-order chi connectivity index (χ0) is 15.7. The van der Waals surface area contributed by atoms with Crippen LogP contribution in [0.3, 0.4) is 0 Å². The van der Waals surface area contributed by atoms with Gasteiger partial charge in [-0.15, -0.1) is 0 Å². The number of likely N-dealkylation sites (N-methyl/N-ethyl adjacent to an activating group) is 1. The molecule has 0 unspecified atom stereocenters. The Balaban J connectivity index is 1.90. The van der Waals surface area contributed by atoms with Crippen LogP contribution in [0.5, 0.6) is 5.75 Å². The summed E-state index contributed by atoms with van der Waals surface area (Å²) in [6.45, 7) is 0.600. The molecule has 1 fully saturated rings. The zero-order valence-electron chi connectivity index (χ0n) is 12.0. The van der Waals surface area contributed by atoms with Crippen LogP contribution in [0.25, 0.3) is 11.1 Å². The number of ether oxygens (including phenoxy) is 1. The normalized spacial score (nSPS) is 15.6. The van der Waals surface area contributed by atoms with Crippen LogP contribution < -0.4 is 10.1 Å². The second-order valence-corrected chi connectivity index (χ2v) is 6.60. The predicted molar refractivity (Wildman–Crippen MR) is 91.2 cm³/mol. The number of hydrogen-bond donors (Lipinski definition) is 1. The van der Waals surface area contributed by atoms with Gasteiger partial charge in [0.25, 0.3) is 0 Å². The molecule has 0 amide bonds. The molecule has 0 aliphatic heterocycles. The lowest BCUT2D eigenvalue weighted by Crippen LogP contribution is -2.33. The van der Waals surface area contributed by atoms with Crippen LogP contribution in [0.15, 0.2) is 30.5 Å². The van der Waals surface area contributed by atoms with Gasteiger partial charge in [0.2, 0.25) is 0 Å². The van der Waals surface area contributed by atoms with E-state index in [0.29, 0.717) is 38.7 Å². The Labute approximate surface area is 144 Å². The van der Waals surface area contributed by atoms with Gasteiger partial charge < -0.3 is 10.1 Å². The van der Waals surface area contributed by atoms with E-state index in [-0.39, 0.29) is 5.54 Å². The van der Waals surface area contributed by atoms with Crippen molar-refractivity contribution in [1.29, 1.82) is 0 Å². The first-order valence-corrected chi connectivity index (χ1v) is 8.10. The highest BCUT2D eigenvalue weighted by Crippen LogP contribution is 2.40. The van der Waals surface area contributed by atoms with Crippen LogP contribution in [0.4, 0.5) is 0 Å². The summed E-state index contributed by atoms with van der Waals surface area (Å²) >= 11 is 18.7. The topological polar surface area (TPSA) is 34.1 Å². The first-order valence-electron chi connectivity index (χ1n) is 6.96. The summed E-state index contributed by atoms with van der Waals surface area (Å²) in [7, 11) is 1.95. The fourth-order valence-electron chi connectivity index (χ4n) is 2.28. The molecular weight excluding hydrogens is 343 g/mol. The third-order valence-corrected chi connectivity index (χ3v) is 4.88. The van der Waals surface area contributed by atoms with E-state index in [9.17, 15) is 0 Å². The van der Waals surface area contributed by atoms with Crippen molar-refractivity contribution in [1.82, 2.24) is 10.3 Å². The molecule has 0 saturated heterocycles. The van der Waals surface area contributed by atoms with Crippen molar-refractivity contribution in [2.75, 3.05) is 13.7 Å². The standard InChI is InChI=1S/C16H15Cl3N2O/c1-20-16(5-6-16)9-22-10-7-11(15(19)21-8-10)14-12(17)3-2-4-13(14)18/h2-4,7-8,20H,5-6,9H2,1H3. The minimum absolute atomic E-state index is 0.0990. The molecule has 22 heavy (non-hydrogen) atoms. The smallest absolute Gasteiger partial charge is 0.138 e. The van der Waals surface area contributed by atoms with Gasteiger partial charge in [0, 0.05) is 11.1 Å². The van der Waals surface area contributed by atoms with Crippen LogP contribution in [0.2, 0.25) is 15.2 Å². The highest BCUT2D eigenvalue weighted by Gasteiger charge is 2.41. The van der Waals surface area contributed by atoms with Gasteiger partial charge in [-0.25, -0.2) is 4.98 Å². The zero-order valence-corrected chi connectivity index (χ0v) is 14.3. The first kappa shape index (κ1) is 15.9. The summed E-state index contributed by atoms with van der Waals surface area (Å²) in [6, 6.07) is 7.16. The van der Waals surface area contributed by atoms with Crippen LogP contribution in [0, 0.1) is 0 Å². The lowest BCUT2D eigenvalue weighted by atomic mass is 10.1. The largest absolute Gasteiger partial charge is 0.490 e. The van der Waals surface area contributed by atoms with Crippen molar-refractivity contribution in [3.8, 4) is 16.9 Å². The number of hydrogen-bond acceptors (Lipinski definition) is 3. The summed E-state index contributed by atoms with van der Waals surface area (Å²) in [5, 5.41) is 4.69. The Hall–Kier alpha value is -1.00. The molecule has 1 aliphatic carbocycles. The molecule has 2 aromatic rings. The van der Waals surface area contributed by atoms with Gasteiger partial charge >= 0.3 is 0 Å². The quantitative estimate of drug-likeness (QED) is 0.778. The van der Waals surface area contributed by atoms with Gasteiger partial charge in [0.15, 0.2) is 0 Å². The Kier molecular flexibility index (Phi) is 4.51. The molecule has 1 aromatic heterocycles. The van der Waals surface area contributed by atoms with Crippen LogP contribution in [-0.2, 0) is 0 Å². The molecule has 3 nitrogen and oxygen atoms in total. The molecule has 1 heterocycles. The molecule has 3 rings (SSSR count). The number of halogens is 3. The molecule has 0 atom stereocenters. The average molecular weight is 358 g/mol. The van der Waals surface area contributed by atoms with Crippen molar-refractivity contribution in [3.63, 3.8) is 0 Å². The summed E-state index contributed by atoms with van der Waals surface area (Å²) in [6.07, 6.45) is 3.85. The fourth-order valence-corrected chi connectivity index (χ4v) is 3.08. The van der Waals surface area contributed by atoms with E-state index >= 15 is 0 Å². The number of nitrogens with one attached hydrogen (secondary N) is 1. The van der Waals surface area contributed by atoms with Gasteiger partial charge in [0.1, 0.15) is 17.5 Å². The van der Waals surface area contributed by atoms with Crippen molar-refractivity contribution >= 4 is 34.8 Å². The molecule has 6 heteroatoms. The Morgan fingerprint density at radius 2 is 1.91 bits per heavy atom. The summed E-state index contributed by atoms with van der Waals surface area (Å²) < 4.78 is 5.85. The van der Waals surface area contributed by atoms with Crippen molar-refractivity contribution in [3.05, 3.63) is 45.7 Å². The fraction of sp³-hybridized carbons (Fsp3) is 0.312. The van der Waals surface area contributed by atoms with Gasteiger partial charge in [-0.2, -0.15) is 0 Å². The summed E-state index contributed by atoms with van der Waals surface area (Å²) in [5.41, 5.74) is 1.44. The highest BCUT2D eigenvalue weighted by molar-refractivity contribution is 6.40. The number of nitrogens with zero attached hydrogens (tertiary/aromatic N) is 1. The Bertz CT molecular complexity index is 682. The SMILES string of the molecule is CNC1(COc2cnc(Cl)c(-c3c(Cl)cccc3Cl)c2)CC1. The lowest BCUT2D eigenvalue weighted by molar-refractivity contribution is 0.259. The highest BCUT2D eigenvalue weighted by atomic mass is 35.5. The van der Waals surface area contributed by atoms with E-state index in [1.54, 1.807) is 24.4 Å². The second-order valence-electron chi connectivity index (χ2n) is 5.43. The molecule has 116 valence electrons. The summed E-state index contributed by atoms with van der Waals surface area (Å²) in [4.78, 5) is 4.19. The maximum absolute atomic E-state index is 6.25.